The molecule has 1 amide bonds. The van der Waals surface area contributed by atoms with Gasteiger partial charge in [-0.3, -0.25) is 9.59 Å². The lowest BCUT2D eigenvalue weighted by atomic mass is 9.64. The molecule has 2 saturated carbocycles. The quantitative estimate of drug-likeness (QED) is 0.766. The Morgan fingerprint density at radius 3 is 2.45 bits per heavy atom. The number of Topliss-reactive ketones (excluding diaryl/α,β-unsaturated/α-hetero) is 1. The summed E-state index contributed by atoms with van der Waals surface area (Å²) in [4.78, 5) is 25.3. The molecule has 0 unspecified atom stereocenters. The third-order valence-corrected chi connectivity index (χ3v) is 7.77. The minimum atomic E-state index is -0.738. The van der Waals surface area contributed by atoms with E-state index in [1.165, 1.54) is 0 Å². The van der Waals surface area contributed by atoms with Crippen molar-refractivity contribution < 1.29 is 9.59 Å². The van der Waals surface area contributed by atoms with Gasteiger partial charge in [0.2, 0.25) is 5.91 Å². The van der Waals surface area contributed by atoms with Crippen LogP contribution >= 0.6 is 27.5 Å². The number of halogens is 2. The van der Waals surface area contributed by atoms with Crippen molar-refractivity contribution in [1.82, 2.24) is 0 Å². The molecule has 3 rings (SSSR count). The average Bonchev–Trinajstić information content (AvgIpc) is 2.74. The predicted molar refractivity (Wildman–Crippen MR) is 91.4 cm³/mol. The molecule has 1 aromatic rings. The minimum Gasteiger partial charge on any atom is -0.324 e. The van der Waals surface area contributed by atoms with Gasteiger partial charge in [-0.25, -0.2) is 0 Å². The van der Waals surface area contributed by atoms with Gasteiger partial charge in [-0.1, -0.05) is 60.4 Å². The molecule has 1 N–H and O–H groups in total. The second-order valence-electron chi connectivity index (χ2n) is 7.09. The normalized spacial score (nSPS) is 35.7. The standard InChI is InChI=1S/C17H19BrClNO2/c1-15(2)16(3)8-9-17(15,12(18)13(16)21)14(22)20-11-7-5-4-6-10(11)19/h4-7,12H,8-9H2,1-3H3,(H,20,22)/t12-,16+,17-/m1/s1. The van der Waals surface area contributed by atoms with E-state index in [-0.39, 0.29) is 11.7 Å². The molecule has 1 aromatic carbocycles. The number of amides is 1. The lowest BCUT2D eigenvalue weighted by Crippen LogP contribution is -2.48. The van der Waals surface area contributed by atoms with Crippen LogP contribution in [0.25, 0.3) is 0 Å². The molecule has 0 radical (unpaired) electrons. The lowest BCUT2D eigenvalue weighted by Gasteiger charge is -2.39. The van der Waals surface area contributed by atoms with E-state index >= 15 is 0 Å². The summed E-state index contributed by atoms with van der Waals surface area (Å²) >= 11 is 9.66. The van der Waals surface area contributed by atoms with Gasteiger partial charge in [0.15, 0.2) is 5.78 Å². The Morgan fingerprint density at radius 1 is 1.27 bits per heavy atom. The molecule has 5 heteroatoms. The van der Waals surface area contributed by atoms with Crippen LogP contribution in [0.4, 0.5) is 5.69 Å². The molecule has 118 valence electrons. The summed E-state index contributed by atoms with van der Waals surface area (Å²) in [7, 11) is 0. The van der Waals surface area contributed by atoms with Gasteiger partial charge >= 0.3 is 0 Å². The number of ketones is 1. The number of nitrogens with one attached hydrogen (secondary N) is 1. The molecule has 2 bridgehead atoms. The van der Waals surface area contributed by atoms with Gasteiger partial charge in [0.05, 0.1) is 21.0 Å². The highest BCUT2D eigenvalue weighted by Crippen LogP contribution is 2.72. The lowest BCUT2D eigenvalue weighted by molar-refractivity contribution is -0.130. The van der Waals surface area contributed by atoms with E-state index in [1.54, 1.807) is 12.1 Å². The highest BCUT2D eigenvalue weighted by molar-refractivity contribution is 9.10. The fraction of sp³-hybridized carbons (Fsp3) is 0.529. The monoisotopic (exact) mass is 383 g/mol. The zero-order chi connectivity index (χ0) is 16.3. The van der Waals surface area contributed by atoms with E-state index in [4.69, 9.17) is 11.6 Å². The molecule has 0 aromatic heterocycles. The molecule has 22 heavy (non-hydrogen) atoms. The minimum absolute atomic E-state index is 0.123. The average molecular weight is 385 g/mol. The molecular formula is C17H19BrClNO2. The van der Waals surface area contributed by atoms with Crippen LogP contribution in [0.1, 0.15) is 33.6 Å². The van der Waals surface area contributed by atoms with Gasteiger partial charge in [-0.05, 0) is 30.4 Å². The van der Waals surface area contributed by atoms with Gasteiger partial charge in [0, 0.05) is 5.41 Å². The van der Waals surface area contributed by atoms with Gasteiger partial charge in [0.25, 0.3) is 0 Å². The van der Waals surface area contributed by atoms with Crippen molar-refractivity contribution in [2.24, 2.45) is 16.2 Å². The number of carbonyl (C=O) groups excluding carboxylic acids is 2. The molecule has 2 aliphatic carbocycles. The van der Waals surface area contributed by atoms with Crippen LogP contribution in [-0.2, 0) is 9.59 Å². The molecular weight excluding hydrogens is 366 g/mol. The summed E-state index contributed by atoms with van der Waals surface area (Å²) in [5.41, 5.74) is -1.01. The number of carbonyl (C=O) groups is 2. The van der Waals surface area contributed by atoms with E-state index in [9.17, 15) is 9.59 Å². The topological polar surface area (TPSA) is 46.2 Å². The van der Waals surface area contributed by atoms with Crippen molar-refractivity contribution in [1.29, 1.82) is 0 Å². The number of fused-ring (bicyclic) bond motifs is 2. The summed E-state index contributed by atoms with van der Waals surface area (Å²) in [6.07, 6.45) is 1.45. The number of para-hydroxylation sites is 1. The molecule has 3 atom stereocenters. The largest absolute Gasteiger partial charge is 0.324 e. The van der Waals surface area contributed by atoms with E-state index in [0.29, 0.717) is 17.1 Å². The van der Waals surface area contributed by atoms with Crippen molar-refractivity contribution >= 4 is 44.9 Å². The van der Waals surface area contributed by atoms with E-state index in [0.717, 1.165) is 6.42 Å². The Balaban J connectivity index is 2.02. The summed E-state index contributed by atoms with van der Waals surface area (Å²) < 4.78 is 0. The highest BCUT2D eigenvalue weighted by atomic mass is 79.9. The number of hydrogen-bond acceptors (Lipinski definition) is 2. The Hall–Kier alpha value is -0.870. The fourth-order valence-corrected chi connectivity index (χ4v) is 5.95. The van der Waals surface area contributed by atoms with Crippen LogP contribution in [0.15, 0.2) is 24.3 Å². The van der Waals surface area contributed by atoms with Crippen molar-refractivity contribution in [3.8, 4) is 0 Å². The fourth-order valence-electron chi connectivity index (χ4n) is 4.25. The summed E-state index contributed by atoms with van der Waals surface area (Å²) in [5.74, 6) is 0.0140. The van der Waals surface area contributed by atoms with Crippen LogP contribution in [0, 0.1) is 16.2 Å². The van der Waals surface area contributed by atoms with Crippen LogP contribution in [0.3, 0.4) is 0 Å². The number of alkyl halides is 1. The molecule has 0 saturated heterocycles. The van der Waals surface area contributed by atoms with Crippen LogP contribution in [-0.4, -0.2) is 16.5 Å². The molecule has 0 spiro atoms. The summed E-state index contributed by atoms with van der Waals surface area (Å²) in [5, 5.41) is 3.44. The van der Waals surface area contributed by atoms with Crippen LogP contribution in [0.2, 0.25) is 5.02 Å². The zero-order valence-electron chi connectivity index (χ0n) is 12.9. The maximum atomic E-state index is 13.1. The molecule has 2 fully saturated rings. The zero-order valence-corrected chi connectivity index (χ0v) is 15.2. The van der Waals surface area contributed by atoms with Crippen LogP contribution < -0.4 is 5.32 Å². The predicted octanol–water partition coefficient (Wildman–Crippen LogP) is 4.44. The first kappa shape index (κ1) is 16.0. The van der Waals surface area contributed by atoms with Crippen molar-refractivity contribution in [2.75, 3.05) is 5.32 Å². The second kappa shape index (κ2) is 4.81. The number of benzene rings is 1. The number of rotatable bonds is 2. The summed E-state index contributed by atoms with van der Waals surface area (Å²) in [6.45, 7) is 6.05. The van der Waals surface area contributed by atoms with Crippen molar-refractivity contribution in [3.63, 3.8) is 0 Å². The Bertz CT molecular complexity index is 674. The Labute approximate surface area is 143 Å². The van der Waals surface area contributed by atoms with E-state index in [1.807, 2.05) is 32.9 Å². The first-order valence-corrected chi connectivity index (χ1v) is 8.72. The number of anilines is 1. The van der Waals surface area contributed by atoms with Crippen LogP contribution in [0.5, 0.6) is 0 Å². The maximum absolute atomic E-state index is 13.1. The summed E-state index contributed by atoms with van der Waals surface area (Å²) in [6, 6.07) is 7.16. The molecule has 3 nitrogen and oxygen atoms in total. The highest BCUT2D eigenvalue weighted by Gasteiger charge is 2.76. The molecule has 0 heterocycles. The number of hydrogen-bond donors (Lipinski definition) is 1. The van der Waals surface area contributed by atoms with E-state index in [2.05, 4.69) is 21.2 Å². The Kier molecular flexibility index (Phi) is 3.50. The second-order valence-corrected chi connectivity index (χ2v) is 8.41. The first-order chi connectivity index (χ1) is 10.2. The SMILES string of the molecule is CC1(C)[C@@]2(C)CC[C@]1(C(=O)Nc1ccccc1Cl)[C@H](Br)C2=O. The Morgan fingerprint density at radius 2 is 1.91 bits per heavy atom. The molecule has 0 aliphatic heterocycles. The maximum Gasteiger partial charge on any atom is 0.232 e. The first-order valence-electron chi connectivity index (χ1n) is 7.43. The van der Waals surface area contributed by atoms with E-state index < -0.39 is 21.1 Å². The van der Waals surface area contributed by atoms with Gasteiger partial charge in [-0.2, -0.15) is 0 Å². The smallest absolute Gasteiger partial charge is 0.232 e. The third-order valence-electron chi connectivity index (χ3n) is 6.25. The van der Waals surface area contributed by atoms with Gasteiger partial charge in [0.1, 0.15) is 0 Å². The van der Waals surface area contributed by atoms with Crippen molar-refractivity contribution in [3.05, 3.63) is 29.3 Å². The van der Waals surface area contributed by atoms with Gasteiger partial charge < -0.3 is 5.32 Å². The molecule has 2 aliphatic rings. The third kappa shape index (κ3) is 1.68. The van der Waals surface area contributed by atoms with Gasteiger partial charge in [-0.15, -0.1) is 0 Å². The van der Waals surface area contributed by atoms with Crippen molar-refractivity contribution in [2.45, 2.75) is 38.4 Å².